The zero-order valence-corrected chi connectivity index (χ0v) is 14.7. The van der Waals surface area contributed by atoms with Gasteiger partial charge in [0, 0.05) is 29.9 Å². The summed E-state index contributed by atoms with van der Waals surface area (Å²) in [6.07, 6.45) is 0. The summed E-state index contributed by atoms with van der Waals surface area (Å²) < 4.78 is 5.08. The fourth-order valence-corrected chi connectivity index (χ4v) is 2.15. The van der Waals surface area contributed by atoms with E-state index in [4.69, 9.17) is 4.74 Å². The first-order valence-electron chi connectivity index (χ1n) is 7.98. The van der Waals surface area contributed by atoms with E-state index in [-0.39, 0.29) is 11.8 Å². The average molecular weight is 341 g/mol. The quantitative estimate of drug-likeness (QED) is 0.810. The van der Waals surface area contributed by atoms with Gasteiger partial charge in [-0.25, -0.2) is 0 Å². The standard InChI is InChI=1S/C19H23N3O3/c1-22(2)13-12-20-18(23)14-4-6-15(7-5-14)19(24)21-16-8-10-17(25-3)11-9-16/h4-11H,12-13H2,1-3H3,(H,20,23)(H,21,24). The number of anilines is 1. The lowest BCUT2D eigenvalue weighted by Gasteiger charge is -2.10. The van der Waals surface area contributed by atoms with E-state index < -0.39 is 0 Å². The maximum Gasteiger partial charge on any atom is 0.255 e. The number of rotatable bonds is 7. The van der Waals surface area contributed by atoms with Gasteiger partial charge in [0.2, 0.25) is 0 Å². The number of ether oxygens (including phenoxy) is 1. The first-order valence-corrected chi connectivity index (χ1v) is 7.98. The smallest absolute Gasteiger partial charge is 0.255 e. The highest BCUT2D eigenvalue weighted by Gasteiger charge is 2.09. The molecule has 0 heterocycles. The first-order chi connectivity index (χ1) is 12.0. The van der Waals surface area contributed by atoms with Crippen LogP contribution in [0.25, 0.3) is 0 Å². The Hall–Kier alpha value is -2.86. The normalized spacial score (nSPS) is 10.4. The Balaban J connectivity index is 1.93. The third-order valence-electron chi connectivity index (χ3n) is 3.60. The maximum atomic E-state index is 12.2. The van der Waals surface area contributed by atoms with Crippen molar-refractivity contribution in [1.29, 1.82) is 0 Å². The van der Waals surface area contributed by atoms with Crippen LogP contribution in [0.5, 0.6) is 5.75 Å². The molecule has 0 aliphatic rings. The van der Waals surface area contributed by atoms with Crippen molar-refractivity contribution < 1.29 is 14.3 Å². The summed E-state index contributed by atoms with van der Waals surface area (Å²) in [4.78, 5) is 26.3. The minimum atomic E-state index is -0.232. The summed E-state index contributed by atoms with van der Waals surface area (Å²) in [5.41, 5.74) is 1.69. The molecule has 0 aromatic heterocycles. The van der Waals surface area contributed by atoms with E-state index >= 15 is 0 Å². The number of likely N-dealkylation sites (N-methyl/N-ethyl adjacent to an activating group) is 1. The molecule has 0 atom stereocenters. The minimum absolute atomic E-state index is 0.149. The van der Waals surface area contributed by atoms with Crippen molar-refractivity contribution >= 4 is 17.5 Å². The Morgan fingerprint density at radius 3 is 2.00 bits per heavy atom. The van der Waals surface area contributed by atoms with Crippen molar-refractivity contribution in [2.24, 2.45) is 0 Å². The molecule has 6 nitrogen and oxygen atoms in total. The molecular weight excluding hydrogens is 318 g/mol. The summed E-state index contributed by atoms with van der Waals surface area (Å²) in [6.45, 7) is 1.35. The number of benzene rings is 2. The minimum Gasteiger partial charge on any atom is -0.497 e. The average Bonchev–Trinajstić information content (AvgIpc) is 2.62. The van der Waals surface area contributed by atoms with Crippen molar-refractivity contribution in [2.45, 2.75) is 0 Å². The molecule has 2 N–H and O–H groups in total. The summed E-state index contributed by atoms with van der Waals surface area (Å²) in [5.74, 6) is 0.344. The molecule has 0 fully saturated rings. The largest absolute Gasteiger partial charge is 0.497 e. The monoisotopic (exact) mass is 341 g/mol. The van der Waals surface area contributed by atoms with Crippen LogP contribution in [0.3, 0.4) is 0 Å². The molecule has 2 aromatic carbocycles. The van der Waals surface area contributed by atoms with Crippen LogP contribution < -0.4 is 15.4 Å². The van der Waals surface area contributed by atoms with E-state index in [1.165, 1.54) is 0 Å². The third kappa shape index (κ3) is 5.61. The van der Waals surface area contributed by atoms with Crippen molar-refractivity contribution in [1.82, 2.24) is 10.2 Å². The van der Waals surface area contributed by atoms with Crippen LogP contribution >= 0.6 is 0 Å². The van der Waals surface area contributed by atoms with Crippen molar-refractivity contribution in [3.05, 3.63) is 59.7 Å². The molecule has 0 radical (unpaired) electrons. The van der Waals surface area contributed by atoms with Crippen LogP contribution in [0.15, 0.2) is 48.5 Å². The molecule has 6 heteroatoms. The highest BCUT2D eigenvalue weighted by atomic mass is 16.5. The van der Waals surface area contributed by atoms with Gasteiger partial charge in [0.15, 0.2) is 0 Å². The van der Waals surface area contributed by atoms with Crippen LogP contribution in [-0.2, 0) is 0 Å². The number of nitrogens with zero attached hydrogens (tertiary/aromatic N) is 1. The Kier molecular flexibility index (Phi) is 6.54. The van der Waals surface area contributed by atoms with Crippen LogP contribution in [0, 0.1) is 0 Å². The zero-order valence-electron chi connectivity index (χ0n) is 14.7. The van der Waals surface area contributed by atoms with Gasteiger partial charge in [-0.2, -0.15) is 0 Å². The van der Waals surface area contributed by atoms with Crippen molar-refractivity contribution in [3.63, 3.8) is 0 Å². The molecule has 0 aliphatic carbocycles. The molecule has 25 heavy (non-hydrogen) atoms. The lowest BCUT2D eigenvalue weighted by molar-refractivity contribution is 0.0949. The van der Waals surface area contributed by atoms with Crippen LogP contribution in [-0.4, -0.2) is 51.0 Å². The SMILES string of the molecule is COc1ccc(NC(=O)c2ccc(C(=O)NCCN(C)C)cc2)cc1. The van der Waals surface area contributed by atoms with Gasteiger partial charge in [-0.15, -0.1) is 0 Å². The number of hydrogen-bond donors (Lipinski definition) is 2. The predicted molar refractivity (Wildman–Crippen MR) is 98.3 cm³/mol. The fourth-order valence-electron chi connectivity index (χ4n) is 2.15. The van der Waals surface area contributed by atoms with E-state index in [2.05, 4.69) is 10.6 Å². The zero-order chi connectivity index (χ0) is 18.2. The molecule has 2 rings (SSSR count). The highest BCUT2D eigenvalue weighted by molar-refractivity contribution is 6.05. The highest BCUT2D eigenvalue weighted by Crippen LogP contribution is 2.16. The number of carbonyl (C=O) groups is 2. The fraction of sp³-hybridized carbons (Fsp3) is 0.263. The summed E-state index contributed by atoms with van der Waals surface area (Å²) >= 11 is 0. The second-order valence-electron chi connectivity index (χ2n) is 5.82. The van der Waals surface area contributed by atoms with Gasteiger partial charge in [0.05, 0.1) is 7.11 Å². The van der Waals surface area contributed by atoms with Gasteiger partial charge in [-0.05, 0) is 62.6 Å². The van der Waals surface area contributed by atoms with Crippen molar-refractivity contribution in [3.8, 4) is 5.75 Å². The molecular formula is C19H23N3O3. The second kappa shape index (κ2) is 8.84. The topological polar surface area (TPSA) is 70.7 Å². The van der Waals surface area contributed by atoms with E-state index in [1.807, 2.05) is 19.0 Å². The van der Waals surface area contributed by atoms with Gasteiger partial charge < -0.3 is 20.3 Å². The molecule has 2 amide bonds. The van der Waals surface area contributed by atoms with Gasteiger partial charge in [-0.3, -0.25) is 9.59 Å². The van der Waals surface area contributed by atoms with E-state index in [1.54, 1.807) is 55.6 Å². The van der Waals surface area contributed by atoms with Crippen molar-refractivity contribution in [2.75, 3.05) is 39.6 Å². The number of amides is 2. The molecule has 0 aliphatic heterocycles. The maximum absolute atomic E-state index is 12.2. The Morgan fingerprint density at radius 1 is 0.920 bits per heavy atom. The second-order valence-corrected chi connectivity index (χ2v) is 5.82. The first kappa shape index (κ1) is 18.5. The number of methoxy groups -OCH3 is 1. The van der Waals surface area contributed by atoms with E-state index in [0.717, 1.165) is 12.3 Å². The number of carbonyl (C=O) groups excluding carboxylic acids is 2. The summed E-state index contributed by atoms with van der Waals surface area (Å²) in [5, 5.41) is 5.64. The third-order valence-corrected chi connectivity index (χ3v) is 3.60. The van der Waals surface area contributed by atoms with Crippen LogP contribution in [0.2, 0.25) is 0 Å². The summed E-state index contributed by atoms with van der Waals surface area (Å²) in [6, 6.07) is 13.7. The molecule has 0 bridgehead atoms. The van der Waals surface area contributed by atoms with E-state index in [0.29, 0.717) is 23.4 Å². The van der Waals surface area contributed by atoms with Gasteiger partial charge >= 0.3 is 0 Å². The molecule has 0 saturated heterocycles. The van der Waals surface area contributed by atoms with E-state index in [9.17, 15) is 9.59 Å². The Morgan fingerprint density at radius 2 is 1.48 bits per heavy atom. The van der Waals surface area contributed by atoms with Gasteiger partial charge in [-0.1, -0.05) is 0 Å². The van der Waals surface area contributed by atoms with Crippen LogP contribution in [0.4, 0.5) is 5.69 Å². The van der Waals surface area contributed by atoms with Gasteiger partial charge in [0.25, 0.3) is 11.8 Å². The molecule has 0 spiro atoms. The lowest BCUT2D eigenvalue weighted by Crippen LogP contribution is -2.31. The molecule has 0 saturated carbocycles. The molecule has 0 unspecified atom stereocenters. The Bertz CT molecular complexity index is 710. The molecule has 132 valence electrons. The van der Waals surface area contributed by atoms with Crippen LogP contribution in [0.1, 0.15) is 20.7 Å². The molecule has 2 aromatic rings. The number of hydrogen-bond acceptors (Lipinski definition) is 4. The van der Waals surface area contributed by atoms with Gasteiger partial charge in [0.1, 0.15) is 5.75 Å². The lowest BCUT2D eigenvalue weighted by atomic mass is 10.1. The Labute approximate surface area is 147 Å². The summed E-state index contributed by atoms with van der Waals surface area (Å²) in [7, 11) is 5.48. The number of nitrogens with one attached hydrogen (secondary N) is 2. The predicted octanol–water partition coefficient (Wildman–Crippen LogP) is 2.24.